The molecule has 0 unspecified atom stereocenters. The van der Waals surface area contributed by atoms with E-state index in [1.54, 1.807) is 31.4 Å². The summed E-state index contributed by atoms with van der Waals surface area (Å²) < 4.78 is 13.4. The maximum atomic E-state index is 12.4. The average molecular weight is 548 g/mol. The molecule has 0 atom stereocenters. The van der Waals surface area contributed by atoms with Gasteiger partial charge in [-0.1, -0.05) is 0 Å². The number of halogens is 1. The van der Waals surface area contributed by atoms with E-state index in [0.29, 0.717) is 22.7 Å². The largest absolute Gasteiger partial charge is 0.496 e. The summed E-state index contributed by atoms with van der Waals surface area (Å²) in [6, 6.07) is 11.4. The summed E-state index contributed by atoms with van der Waals surface area (Å²) in [5.41, 5.74) is 5.81. The van der Waals surface area contributed by atoms with Crippen molar-refractivity contribution >= 4 is 40.4 Å². The van der Waals surface area contributed by atoms with Crippen molar-refractivity contribution in [2.24, 2.45) is 5.10 Å². The van der Waals surface area contributed by atoms with Crippen LogP contribution in [0.25, 0.3) is 5.69 Å². The average Bonchev–Trinajstić information content (AvgIpc) is 3.06. The molecule has 0 aliphatic heterocycles. The number of carbonyl (C=O) groups excluding carboxylic acids is 1. The number of non-ortho nitro benzene ring substituents is 1. The van der Waals surface area contributed by atoms with E-state index in [4.69, 9.17) is 9.47 Å². The number of hydrogen-bond donors (Lipinski definition) is 1. The fourth-order valence-corrected chi connectivity index (χ4v) is 3.84. The molecule has 0 saturated carbocycles. The Morgan fingerprint density at radius 2 is 1.84 bits per heavy atom. The number of hydrogen-bond acceptors (Lipinski definition) is 6. The van der Waals surface area contributed by atoms with Crippen LogP contribution in [0, 0.1) is 27.5 Å². The Labute approximate surface area is 198 Å². The highest BCUT2D eigenvalue weighted by atomic mass is 127. The van der Waals surface area contributed by atoms with Crippen LogP contribution in [0.4, 0.5) is 5.69 Å². The lowest BCUT2D eigenvalue weighted by Crippen LogP contribution is -2.17. The zero-order chi connectivity index (χ0) is 23.4. The lowest BCUT2D eigenvalue weighted by molar-refractivity contribution is -0.384. The van der Waals surface area contributed by atoms with Crippen LogP contribution in [0.5, 0.6) is 11.5 Å². The summed E-state index contributed by atoms with van der Waals surface area (Å²) >= 11 is 2.13. The zero-order valence-corrected chi connectivity index (χ0v) is 20.0. The van der Waals surface area contributed by atoms with Crippen LogP contribution in [0.15, 0.2) is 47.6 Å². The highest BCUT2D eigenvalue weighted by molar-refractivity contribution is 14.1. The maximum absolute atomic E-state index is 12.4. The van der Waals surface area contributed by atoms with Crippen LogP contribution >= 0.6 is 22.6 Å². The number of methoxy groups -OCH3 is 2. The molecule has 32 heavy (non-hydrogen) atoms. The lowest BCUT2D eigenvalue weighted by Gasteiger charge is -2.13. The molecule has 9 nitrogen and oxygen atoms in total. The van der Waals surface area contributed by atoms with E-state index in [1.807, 2.05) is 24.5 Å². The van der Waals surface area contributed by atoms with E-state index in [0.717, 1.165) is 20.5 Å². The van der Waals surface area contributed by atoms with Crippen molar-refractivity contribution in [1.29, 1.82) is 0 Å². The van der Waals surface area contributed by atoms with Gasteiger partial charge >= 0.3 is 0 Å². The molecule has 166 valence electrons. The topological polar surface area (TPSA) is 108 Å². The molecular formula is C22H21IN4O5. The molecule has 0 aliphatic carbocycles. The SMILES string of the molecule is COc1cc(C(=O)N/N=C\c2cc(C)n(-c3cc([N+](=O)[O-])ccc3OC)c2C)ccc1I. The highest BCUT2D eigenvalue weighted by Gasteiger charge is 2.17. The molecule has 1 N–H and O–H groups in total. The molecule has 1 heterocycles. The molecule has 3 rings (SSSR count). The number of nitro groups is 1. The van der Waals surface area contributed by atoms with Gasteiger partial charge in [0.05, 0.1) is 34.6 Å². The summed E-state index contributed by atoms with van der Waals surface area (Å²) in [6.45, 7) is 3.73. The van der Waals surface area contributed by atoms with Crippen LogP contribution < -0.4 is 14.9 Å². The van der Waals surface area contributed by atoms with Crippen LogP contribution in [0.1, 0.15) is 27.3 Å². The molecule has 0 fully saturated rings. The van der Waals surface area contributed by atoms with Crippen molar-refractivity contribution < 1.29 is 19.2 Å². The molecule has 0 radical (unpaired) electrons. The second-order valence-electron chi connectivity index (χ2n) is 6.82. The van der Waals surface area contributed by atoms with Crippen LogP contribution in [-0.2, 0) is 0 Å². The minimum atomic E-state index is -0.450. The molecular weight excluding hydrogens is 527 g/mol. The van der Waals surface area contributed by atoms with E-state index < -0.39 is 4.92 Å². The lowest BCUT2D eigenvalue weighted by atomic mass is 10.2. The minimum absolute atomic E-state index is 0.0382. The number of aryl methyl sites for hydroxylation is 1. The zero-order valence-electron chi connectivity index (χ0n) is 17.9. The van der Waals surface area contributed by atoms with Gasteiger partial charge < -0.3 is 14.0 Å². The van der Waals surface area contributed by atoms with Gasteiger partial charge in [-0.25, -0.2) is 5.43 Å². The van der Waals surface area contributed by atoms with Gasteiger partial charge in [0.1, 0.15) is 11.5 Å². The molecule has 0 aliphatic rings. The standard InChI is InChI=1S/C22H21IN4O5/c1-13-9-16(12-24-25-22(28)15-5-7-18(23)21(10-15)32-4)14(2)26(13)19-11-17(27(29)30)6-8-20(19)31-3/h5-12H,1-4H3,(H,25,28)/b24-12-. The van der Waals surface area contributed by atoms with Crippen molar-refractivity contribution in [3.8, 4) is 17.2 Å². The van der Waals surface area contributed by atoms with Gasteiger partial charge in [-0.15, -0.1) is 0 Å². The van der Waals surface area contributed by atoms with E-state index in [2.05, 4.69) is 33.1 Å². The first-order valence-corrected chi connectivity index (χ1v) is 10.5. The predicted octanol–water partition coefficient (Wildman–Crippen LogP) is 4.39. The molecule has 2 aromatic carbocycles. The third kappa shape index (κ3) is 4.74. The molecule has 0 bridgehead atoms. The number of carbonyl (C=O) groups is 1. The number of rotatable bonds is 7. The van der Waals surface area contributed by atoms with Crippen molar-refractivity contribution in [1.82, 2.24) is 9.99 Å². The fraction of sp³-hybridized carbons (Fsp3) is 0.182. The van der Waals surface area contributed by atoms with Crippen molar-refractivity contribution in [3.05, 3.63) is 78.7 Å². The van der Waals surface area contributed by atoms with Crippen molar-refractivity contribution in [2.75, 3.05) is 14.2 Å². The quantitative estimate of drug-likeness (QED) is 0.204. The van der Waals surface area contributed by atoms with Gasteiger partial charge in [-0.3, -0.25) is 14.9 Å². The van der Waals surface area contributed by atoms with Crippen LogP contribution in [0.2, 0.25) is 0 Å². The Hall–Kier alpha value is -3.41. The monoisotopic (exact) mass is 548 g/mol. The smallest absolute Gasteiger partial charge is 0.271 e. The molecule has 0 spiro atoms. The summed E-state index contributed by atoms with van der Waals surface area (Å²) in [7, 11) is 3.06. The number of ether oxygens (including phenoxy) is 2. The van der Waals surface area contributed by atoms with Gasteiger partial charge in [0.25, 0.3) is 11.6 Å². The van der Waals surface area contributed by atoms with E-state index >= 15 is 0 Å². The Bertz CT molecular complexity index is 1220. The van der Waals surface area contributed by atoms with Gasteiger partial charge in [-0.05, 0) is 66.8 Å². The number of amides is 1. The predicted molar refractivity (Wildman–Crippen MR) is 129 cm³/mol. The number of nitro benzene ring substituents is 1. The Morgan fingerprint density at radius 3 is 2.50 bits per heavy atom. The second kappa shape index (κ2) is 9.81. The Balaban J connectivity index is 1.87. The number of nitrogens with zero attached hydrogens (tertiary/aromatic N) is 3. The van der Waals surface area contributed by atoms with Gasteiger partial charge in [0.15, 0.2) is 0 Å². The summed E-state index contributed by atoms with van der Waals surface area (Å²) in [5.74, 6) is 0.739. The molecule has 1 amide bonds. The number of aromatic nitrogens is 1. The number of nitrogens with one attached hydrogen (secondary N) is 1. The Morgan fingerprint density at radius 1 is 1.12 bits per heavy atom. The normalized spacial score (nSPS) is 10.9. The summed E-state index contributed by atoms with van der Waals surface area (Å²) in [6.07, 6.45) is 1.53. The summed E-state index contributed by atoms with van der Waals surface area (Å²) in [4.78, 5) is 23.2. The van der Waals surface area contributed by atoms with Crippen LogP contribution in [-0.4, -0.2) is 35.8 Å². The first-order valence-electron chi connectivity index (χ1n) is 9.45. The number of hydrazone groups is 1. The second-order valence-corrected chi connectivity index (χ2v) is 7.99. The van der Waals surface area contributed by atoms with E-state index in [1.165, 1.54) is 25.5 Å². The molecule has 0 saturated heterocycles. The van der Waals surface area contributed by atoms with Gasteiger partial charge in [-0.2, -0.15) is 5.10 Å². The molecule has 3 aromatic rings. The van der Waals surface area contributed by atoms with Gasteiger partial charge in [0, 0.05) is 34.6 Å². The van der Waals surface area contributed by atoms with Crippen molar-refractivity contribution in [2.45, 2.75) is 13.8 Å². The third-order valence-electron chi connectivity index (χ3n) is 4.87. The fourth-order valence-electron chi connectivity index (χ4n) is 3.28. The summed E-state index contributed by atoms with van der Waals surface area (Å²) in [5, 5.41) is 15.3. The van der Waals surface area contributed by atoms with E-state index in [9.17, 15) is 14.9 Å². The first kappa shape index (κ1) is 23.3. The number of benzene rings is 2. The van der Waals surface area contributed by atoms with Crippen LogP contribution in [0.3, 0.4) is 0 Å². The molecule has 10 heteroatoms. The maximum Gasteiger partial charge on any atom is 0.271 e. The highest BCUT2D eigenvalue weighted by Crippen LogP contribution is 2.31. The van der Waals surface area contributed by atoms with Gasteiger partial charge in [0.2, 0.25) is 0 Å². The van der Waals surface area contributed by atoms with Crippen molar-refractivity contribution in [3.63, 3.8) is 0 Å². The first-order chi connectivity index (χ1) is 15.3. The minimum Gasteiger partial charge on any atom is -0.496 e. The molecule has 1 aromatic heterocycles. The Kier molecular flexibility index (Phi) is 7.13. The van der Waals surface area contributed by atoms with E-state index in [-0.39, 0.29) is 11.6 Å². The third-order valence-corrected chi connectivity index (χ3v) is 5.76.